The van der Waals surface area contributed by atoms with Gasteiger partial charge in [0.05, 0.1) is 6.54 Å². The smallest absolute Gasteiger partial charge is 0.410 e. The fraction of sp³-hybridized carbons (Fsp3) is 0.594. The van der Waals surface area contributed by atoms with E-state index in [9.17, 15) is 37.9 Å². The molecule has 5 atom stereocenters. The van der Waals surface area contributed by atoms with Crippen LogP contribution in [0.25, 0.3) is 0 Å². The second-order valence-electron chi connectivity index (χ2n) is 13.5. The molecule has 12 nitrogen and oxygen atoms in total. The van der Waals surface area contributed by atoms with Crippen molar-refractivity contribution in [2.24, 2.45) is 5.92 Å². The van der Waals surface area contributed by atoms with E-state index in [0.717, 1.165) is 16.0 Å². The third kappa shape index (κ3) is 7.42. The molecule has 0 radical (unpaired) electrons. The van der Waals surface area contributed by atoms with E-state index in [1.807, 2.05) is 24.3 Å². The lowest BCUT2D eigenvalue weighted by Gasteiger charge is -2.30. The number of alkyl halides is 2. The first-order valence-electron chi connectivity index (χ1n) is 15.5. The Morgan fingerprint density at radius 1 is 1.09 bits per heavy atom. The summed E-state index contributed by atoms with van der Waals surface area (Å²) in [6.45, 7) is 5.19. The van der Waals surface area contributed by atoms with Gasteiger partial charge in [-0.3, -0.25) is 14.5 Å². The van der Waals surface area contributed by atoms with Crippen molar-refractivity contribution in [2.45, 2.75) is 108 Å². The molecule has 1 aromatic rings. The Kier molecular flexibility index (Phi) is 9.02. The standard InChI is InChI=1S/C32H40F2N4O8/c1-30(2,3)46-28(43)35-23-11-13-31(33,34)12-7-6-10-21-15-32(21,27(41)42)36-25(39)24-14-22(18-38(24)26(23)40)45-29(44)37-16-19-8-4-5-9-20(19)17-37/h4-6,8-10,21-24H,7,11-18H2,1-3H3,(H,35,43)(H,36,39)(H,41,42)/b10-6-/t21-,22-,23+,24+,32-/m1/s1. The number of alkyl carbamates (subject to hydrolysis) is 1. The summed E-state index contributed by atoms with van der Waals surface area (Å²) < 4.78 is 40.9. The van der Waals surface area contributed by atoms with Gasteiger partial charge in [-0.05, 0) is 51.2 Å². The number of aliphatic carboxylic acids is 1. The van der Waals surface area contributed by atoms with E-state index in [-0.39, 0.29) is 25.8 Å². The number of nitrogens with one attached hydrogen (secondary N) is 2. The molecule has 0 unspecified atom stereocenters. The first-order chi connectivity index (χ1) is 21.6. The second kappa shape index (κ2) is 12.5. The molecule has 1 saturated heterocycles. The number of halogens is 2. The fourth-order valence-corrected chi connectivity index (χ4v) is 6.26. The summed E-state index contributed by atoms with van der Waals surface area (Å²) in [6.07, 6.45) is -1.53. The maximum absolute atomic E-state index is 14.9. The largest absolute Gasteiger partial charge is 0.479 e. The maximum Gasteiger partial charge on any atom is 0.410 e. The predicted molar refractivity (Wildman–Crippen MR) is 158 cm³/mol. The van der Waals surface area contributed by atoms with Gasteiger partial charge in [0.15, 0.2) is 0 Å². The zero-order valence-electron chi connectivity index (χ0n) is 26.1. The van der Waals surface area contributed by atoms with Crippen LogP contribution in [0.4, 0.5) is 18.4 Å². The summed E-state index contributed by atoms with van der Waals surface area (Å²) in [5, 5.41) is 15.0. The second-order valence-corrected chi connectivity index (χ2v) is 13.5. The van der Waals surface area contributed by atoms with Crippen LogP contribution in [0, 0.1) is 5.92 Å². The summed E-state index contributed by atoms with van der Waals surface area (Å²) in [7, 11) is 0. The molecule has 46 heavy (non-hydrogen) atoms. The number of fused-ring (bicyclic) bond motifs is 3. The van der Waals surface area contributed by atoms with Crippen molar-refractivity contribution < 1.29 is 47.3 Å². The molecule has 2 fully saturated rings. The summed E-state index contributed by atoms with van der Waals surface area (Å²) in [4.78, 5) is 68.4. The molecule has 3 aliphatic heterocycles. The molecular weight excluding hydrogens is 606 g/mol. The number of carbonyl (C=O) groups excluding carboxylic acids is 4. The van der Waals surface area contributed by atoms with Crippen LogP contribution in [0.5, 0.6) is 0 Å². The average Bonchev–Trinajstić information content (AvgIpc) is 3.28. The zero-order chi connectivity index (χ0) is 33.4. The highest BCUT2D eigenvalue weighted by molar-refractivity contribution is 5.96. The number of nitrogens with zero attached hydrogens (tertiary/aromatic N) is 2. The molecule has 0 bridgehead atoms. The van der Waals surface area contributed by atoms with E-state index >= 15 is 0 Å². The normalized spacial score (nSPS) is 30.0. The van der Waals surface area contributed by atoms with Gasteiger partial charge in [0, 0.05) is 38.3 Å². The number of ether oxygens (including phenoxy) is 2. The highest BCUT2D eigenvalue weighted by atomic mass is 19.3. The molecule has 4 amide bonds. The minimum absolute atomic E-state index is 0.0465. The van der Waals surface area contributed by atoms with Gasteiger partial charge >= 0.3 is 18.2 Å². The molecule has 0 spiro atoms. The third-order valence-electron chi connectivity index (χ3n) is 8.79. The SMILES string of the molecule is CC(C)(C)OC(=O)N[C@H]1CCC(F)(F)CC/C=C\[C@@H]2C[C@@]2(C(=O)O)NC(=O)[C@@H]2C[C@@H](OC(=O)N3Cc4ccccc4C3)CN2C1=O. The number of carbonyl (C=O) groups is 5. The molecular formula is C32H40F2N4O8. The van der Waals surface area contributed by atoms with E-state index in [1.165, 1.54) is 17.1 Å². The van der Waals surface area contributed by atoms with Crippen molar-refractivity contribution in [3.05, 3.63) is 47.5 Å². The van der Waals surface area contributed by atoms with E-state index in [0.29, 0.717) is 13.1 Å². The van der Waals surface area contributed by atoms with Crippen molar-refractivity contribution in [1.82, 2.24) is 20.4 Å². The molecule has 1 aliphatic carbocycles. The molecule has 250 valence electrons. The Bertz CT molecular complexity index is 1400. The number of rotatable bonds is 3. The van der Waals surface area contributed by atoms with Gasteiger partial charge in [0.1, 0.15) is 29.3 Å². The van der Waals surface area contributed by atoms with Gasteiger partial charge in [-0.1, -0.05) is 36.4 Å². The zero-order valence-corrected chi connectivity index (χ0v) is 26.1. The number of amides is 4. The van der Waals surface area contributed by atoms with Gasteiger partial charge in [-0.2, -0.15) is 0 Å². The number of carboxylic acid groups (broad SMARTS) is 1. The van der Waals surface area contributed by atoms with E-state index in [4.69, 9.17) is 9.47 Å². The highest BCUT2D eigenvalue weighted by Gasteiger charge is 2.61. The minimum Gasteiger partial charge on any atom is -0.479 e. The van der Waals surface area contributed by atoms with Crippen molar-refractivity contribution in [1.29, 1.82) is 0 Å². The Balaban J connectivity index is 1.40. The first kappa shape index (κ1) is 33.1. The summed E-state index contributed by atoms with van der Waals surface area (Å²) >= 11 is 0. The van der Waals surface area contributed by atoms with Gasteiger partial charge in [-0.25, -0.2) is 23.2 Å². The van der Waals surface area contributed by atoms with Crippen LogP contribution in [0.1, 0.15) is 70.4 Å². The Labute approximate surface area is 265 Å². The lowest BCUT2D eigenvalue weighted by molar-refractivity contribution is -0.145. The number of benzene rings is 1. The van der Waals surface area contributed by atoms with E-state index < -0.39 is 90.4 Å². The minimum atomic E-state index is -3.20. The maximum atomic E-state index is 14.9. The van der Waals surface area contributed by atoms with Crippen LogP contribution in [-0.4, -0.2) is 86.7 Å². The van der Waals surface area contributed by atoms with Crippen molar-refractivity contribution in [3.8, 4) is 0 Å². The van der Waals surface area contributed by atoms with Crippen molar-refractivity contribution in [3.63, 3.8) is 0 Å². The van der Waals surface area contributed by atoms with Crippen LogP contribution in [0.3, 0.4) is 0 Å². The number of hydrogen-bond acceptors (Lipinski definition) is 7. The fourth-order valence-electron chi connectivity index (χ4n) is 6.26. The average molecular weight is 647 g/mol. The number of allylic oxidation sites excluding steroid dienone is 1. The topological polar surface area (TPSA) is 155 Å². The highest BCUT2D eigenvalue weighted by Crippen LogP contribution is 2.45. The molecule has 14 heteroatoms. The lowest BCUT2D eigenvalue weighted by atomic mass is 10.0. The van der Waals surface area contributed by atoms with Gasteiger partial charge < -0.3 is 30.1 Å². The van der Waals surface area contributed by atoms with E-state index in [2.05, 4.69) is 10.6 Å². The summed E-state index contributed by atoms with van der Waals surface area (Å²) in [6, 6.07) is 4.73. The molecule has 3 heterocycles. The predicted octanol–water partition coefficient (Wildman–Crippen LogP) is 3.73. The van der Waals surface area contributed by atoms with Gasteiger partial charge in [0.25, 0.3) is 0 Å². The summed E-state index contributed by atoms with van der Waals surface area (Å²) in [5.74, 6) is -6.74. The first-order valence-corrected chi connectivity index (χ1v) is 15.5. The van der Waals surface area contributed by atoms with Gasteiger partial charge in [0.2, 0.25) is 17.7 Å². The lowest BCUT2D eigenvalue weighted by Crippen LogP contribution is -2.56. The molecule has 1 saturated carbocycles. The van der Waals surface area contributed by atoms with Crippen LogP contribution in [0.15, 0.2) is 36.4 Å². The molecule has 5 rings (SSSR count). The van der Waals surface area contributed by atoms with Crippen molar-refractivity contribution >= 4 is 30.0 Å². The third-order valence-corrected chi connectivity index (χ3v) is 8.79. The van der Waals surface area contributed by atoms with Crippen LogP contribution in [-0.2, 0) is 36.9 Å². The molecule has 0 aromatic heterocycles. The molecule has 1 aromatic carbocycles. The number of hydrogen-bond donors (Lipinski definition) is 3. The quantitative estimate of drug-likeness (QED) is 0.420. The van der Waals surface area contributed by atoms with Gasteiger partial charge in [-0.15, -0.1) is 0 Å². The Morgan fingerprint density at radius 2 is 1.76 bits per heavy atom. The van der Waals surface area contributed by atoms with Crippen LogP contribution < -0.4 is 10.6 Å². The summed E-state index contributed by atoms with van der Waals surface area (Å²) in [5.41, 5.74) is -0.671. The van der Waals surface area contributed by atoms with Crippen LogP contribution >= 0.6 is 0 Å². The Hall–Kier alpha value is -4.23. The molecule has 4 aliphatic rings. The Morgan fingerprint density at radius 3 is 2.39 bits per heavy atom. The van der Waals surface area contributed by atoms with Crippen LogP contribution in [0.2, 0.25) is 0 Å². The van der Waals surface area contributed by atoms with Crippen molar-refractivity contribution in [2.75, 3.05) is 6.54 Å². The van der Waals surface area contributed by atoms with E-state index in [1.54, 1.807) is 20.8 Å². The monoisotopic (exact) mass is 646 g/mol. The molecule has 3 N–H and O–H groups in total. The number of carboxylic acids is 1.